The Morgan fingerprint density at radius 1 is 1.06 bits per heavy atom. The fourth-order valence-corrected chi connectivity index (χ4v) is 1.82. The summed E-state index contributed by atoms with van der Waals surface area (Å²) in [5.41, 5.74) is 0.861. The Morgan fingerprint density at radius 3 is 2.44 bits per heavy atom. The van der Waals surface area contributed by atoms with Crippen molar-refractivity contribution in [2.45, 2.75) is 13.0 Å². The van der Waals surface area contributed by atoms with Crippen LogP contribution in [0.2, 0.25) is 0 Å². The number of hydrogen-bond donors (Lipinski definition) is 2. The molecule has 0 saturated carbocycles. The molecule has 0 heterocycles. The zero-order valence-electron chi connectivity index (χ0n) is 9.30. The number of aliphatic hydroxyl groups is 2. The Morgan fingerprint density at radius 2 is 1.75 bits per heavy atom. The molecule has 2 rings (SSSR count). The van der Waals surface area contributed by atoms with Gasteiger partial charge in [-0.2, -0.15) is 0 Å². The van der Waals surface area contributed by atoms with Gasteiger partial charge in [0.2, 0.25) is 0 Å². The Labute approximate surface area is 95.2 Å². The number of fused-ring (bicyclic) bond motifs is 1. The second-order valence-corrected chi connectivity index (χ2v) is 4.21. The van der Waals surface area contributed by atoms with Crippen LogP contribution >= 0.6 is 0 Å². The summed E-state index contributed by atoms with van der Waals surface area (Å²) in [4.78, 5) is 0. The predicted octanol–water partition coefficient (Wildman–Crippen LogP) is 2.50. The lowest BCUT2D eigenvalue weighted by Crippen LogP contribution is -2.12. The van der Waals surface area contributed by atoms with E-state index in [4.69, 9.17) is 5.11 Å². The highest BCUT2D eigenvalue weighted by atomic mass is 16.3. The molecule has 0 amide bonds. The van der Waals surface area contributed by atoms with Crippen LogP contribution in [0.15, 0.2) is 42.5 Å². The number of aliphatic hydroxyl groups excluding tert-OH is 2. The van der Waals surface area contributed by atoms with Crippen molar-refractivity contribution in [1.29, 1.82) is 0 Å². The number of hydrogen-bond acceptors (Lipinski definition) is 2. The van der Waals surface area contributed by atoms with Crippen molar-refractivity contribution in [3.05, 3.63) is 48.0 Å². The van der Waals surface area contributed by atoms with E-state index in [2.05, 4.69) is 0 Å². The fraction of sp³-hybridized carbons (Fsp3) is 0.286. The molecule has 2 atom stereocenters. The average molecular weight is 216 g/mol. The van der Waals surface area contributed by atoms with E-state index in [1.807, 2.05) is 49.4 Å². The monoisotopic (exact) mass is 216 g/mol. The van der Waals surface area contributed by atoms with Crippen LogP contribution in [0.25, 0.3) is 10.8 Å². The second-order valence-electron chi connectivity index (χ2n) is 4.21. The summed E-state index contributed by atoms with van der Waals surface area (Å²) >= 11 is 0. The normalized spacial score (nSPS) is 14.9. The average Bonchev–Trinajstić information content (AvgIpc) is 2.36. The smallest absolute Gasteiger partial charge is 0.0837 e. The molecular weight excluding hydrogens is 200 g/mol. The van der Waals surface area contributed by atoms with Gasteiger partial charge >= 0.3 is 0 Å². The second kappa shape index (κ2) is 4.64. The Balaban J connectivity index is 2.39. The van der Waals surface area contributed by atoms with Gasteiger partial charge in [0.15, 0.2) is 0 Å². The maximum atomic E-state index is 9.99. The van der Waals surface area contributed by atoms with E-state index in [0.29, 0.717) is 0 Å². The first-order valence-corrected chi connectivity index (χ1v) is 5.50. The highest BCUT2D eigenvalue weighted by Gasteiger charge is 2.15. The third kappa shape index (κ3) is 2.08. The van der Waals surface area contributed by atoms with Crippen LogP contribution in [0.3, 0.4) is 0 Å². The van der Waals surface area contributed by atoms with Crippen molar-refractivity contribution in [3.8, 4) is 0 Å². The molecule has 0 aliphatic heterocycles. The van der Waals surface area contributed by atoms with Crippen LogP contribution in [0.1, 0.15) is 18.6 Å². The SMILES string of the molecule is C[C@H](CO)[C@@H](O)c1ccc2ccccc2c1. The molecule has 0 aliphatic rings. The van der Waals surface area contributed by atoms with Crippen LogP contribution in [0.5, 0.6) is 0 Å². The molecule has 0 radical (unpaired) electrons. The van der Waals surface area contributed by atoms with E-state index >= 15 is 0 Å². The standard InChI is InChI=1S/C14H16O2/c1-10(9-15)14(16)13-7-6-11-4-2-3-5-12(11)8-13/h2-8,10,14-16H,9H2,1H3/t10-,14-/m1/s1. The van der Waals surface area contributed by atoms with Crippen molar-refractivity contribution >= 4 is 10.8 Å². The first kappa shape index (κ1) is 11.1. The summed E-state index contributed by atoms with van der Waals surface area (Å²) in [6.07, 6.45) is -0.602. The Bertz CT molecular complexity index is 479. The van der Waals surface area contributed by atoms with Crippen LogP contribution in [0.4, 0.5) is 0 Å². The van der Waals surface area contributed by atoms with Crippen molar-refractivity contribution in [1.82, 2.24) is 0 Å². The lowest BCUT2D eigenvalue weighted by atomic mass is 9.96. The third-order valence-corrected chi connectivity index (χ3v) is 2.94. The zero-order valence-corrected chi connectivity index (χ0v) is 9.30. The summed E-state index contributed by atoms with van der Waals surface area (Å²) in [5.74, 6) is -0.138. The first-order valence-electron chi connectivity index (χ1n) is 5.50. The highest BCUT2D eigenvalue weighted by Crippen LogP contribution is 2.25. The van der Waals surface area contributed by atoms with Gasteiger partial charge in [-0.25, -0.2) is 0 Å². The fourth-order valence-electron chi connectivity index (χ4n) is 1.82. The molecule has 2 aromatic rings. The van der Waals surface area contributed by atoms with Gasteiger partial charge in [0.25, 0.3) is 0 Å². The van der Waals surface area contributed by atoms with Gasteiger partial charge in [-0.05, 0) is 22.4 Å². The van der Waals surface area contributed by atoms with E-state index in [1.54, 1.807) is 0 Å². The lowest BCUT2D eigenvalue weighted by Gasteiger charge is -2.17. The predicted molar refractivity (Wildman–Crippen MR) is 65.2 cm³/mol. The van der Waals surface area contributed by atoms with Crippen LogP contribution in [0, 0.1) is 5.92 Å². The minimum atomic E-state index is -0.602. The highest BCUT2D eigenvalue weighted by molar-refractivity contribution is 5.83. The maximum absolute atomic E-state index is 9.99. The molecule has 2 N–H and O–H groups in total. The van der Waals surface area contributed by atoms with Crippen LogP contribution in [-0.2, 0) is 0 Å². The van der Waals surface area contributed by atoms with E-state index in [-0.39, 0.29) is 12.5 Å². The van der Waals surface area contributed by atoms with E-state index in [9.17, 15) is 5.11 Å². The Hall–Kier alpha value is -1.38. The van der Waals surface area contributed by atoms with Crippen molar-refractivity contribution in [2.24, 2.45) is 5.92 Å². The topological polar surface area (TPSA) is 40.5 Å². The molecule has 2 aromatic carbocycles. The minimum Gasteiger partial charge on any atom is -0.396 e. The van der Waals surface area contributed by atoms with Crippen molar-refractivity contribution in [2.75, 3.05) is 6.61 Å². The summed E-state index contributed by atoms with van der Waals surface area (Å²) in [6, 6.07) is 13.9. The summed E-state index contributed by atoms with van der Waals surface area (Å²) in [5, 5.41) is 21.3. The quantitative estimate of drug-likeness (QED) is 0.827. The molecule has 2 heteroatoms. The molecule has 0 aliphatic carbocycles. The molecule has 84 valence electrons. The van der Waals surface area contributed by atoms with Gasteiger partial charge in [-0.3, -0.25) is 0 Å². The van der Waals surface area contributed by atoms with Gasteiger partial charge in [0.05, 0.1) is 6.10 Å². The van der Waals surface area contributed by atoms with E-state index in [1.165, 1.54) is 0 Å². The molecule has 0 aromatic heterocycles. The van der Waals surface area contributed by atoms with Crippen molar-refractivity contribution < 1.29 is 10.2 Å². The summed E-state index contributed by atoms with van der Waals surface area (Å²) in [6.45, 7) is 1.83. The van der Waals surface area contributed by atoms with Gasteiger partial charge in [0, 0.05) is 12.5 Å². The zero-order chi connectivity index (χ0) is 11.5. The van der Waals surface area contributed by atoms with Gasteiger partial charge < -0.3 is 10.2 Å². The van der Waals surface area contributed by atoms with Crippen LogP contribution in [-0.4, -0.2) is 16.8 Å². The molecule has 2 nitrogen and oxygen atoms in total. The number of benzene rings is 2. The first-order chi connectivity index (χ1) is 7.72. The third-order valence-electron chi connectivity index (χ3n) is 2.94. The summed E-state index contributed by atoms with van der Waals surface area (Å²) < 4.78 is 0. The van der Waals surface area contributed by atoms with Crippen molar-refractivity contribution in [3.63, 3.8) is 0 Å². The molecule has 0 fully saturated rings. The maximum Gasteiger partial charge on any atom is 0.0837 e. The van der Waals surface area contributed by atoms with Gasteiger partial charge in [0.1, 0.15) is 0 Å². The summed E-state index contributed by atoms with van der Waals surface area (Å²) in [7, 11) is 0. The van der Waals surface area contributed by atoms with E-state index in [0.717, 1.165) is 16.3 Å². The Kier molecular flexibility index (Phi) is 3.22. The lowest BCUT2D eigenvalue weighted by molar-refractivity contribution is 0.0771. The van der Waals surface area contributed by atoms with Gasteiger partial charge in [-0.15, -0.1) is 0 Å². The molecule has 0 spiro atoms. The molecular formula is C14H16O2. The molecule has 0 bridgehead atoms. The largest absolute Gasteiger partial charge is 0.396 e. The van der Waals surface area contributed by atoms with Crippen LogP contribution < -0.4 is 0 Å². The minimum absolute atomic E-state index is 0.00596. The van der Waals surface area contributed by atoms with E-state index < -0.39 is 6.10 Å². The molecule has 0 unspecified atom stereocenters. The molecule has 0 saturated heterocycles. The molecule has 16 heavy (non-hydrogen) atoms. The number of rotatable bonds is 3. The van der Waals surface area contributed by atoms with Gasteiger partial charge in [-0.1, -0.05) is 43.3 Å².